The second-order valence-corrected chi connectivity index (χ2v) is 7.82. The van der Waals surface area contributed by atoms with Gasteiger partial charge in [-0.1, -0.05) is 25.3 Å². The molecule has 3 heterocycles. The number of anilines is 1. The molecule has 3 aromatic rings. The molecule has 0 aliphatic heterocycles. The highest BCUT2D eigenvalue weighted by Gasteiger charge is 2.13. The monoisotopic (exact) mass is 392 g/mol. The molecule has 1 aliphatic rings. The van der Waals surface area contributed by atoms with Gasteiger partial charge in [-0.25, -0.2) is 9.97 Å². The molecule has 0 radical (unpaired) electrons. The molecule has 1 aliphatic carbocycles. The lowest BCUT2D eigenvalue weighted by Crippen LogP contribution is -2.24. The van der Waals surface area contributed by atoms with Crippen LogP contribution in [0.4, 0.5) is 5.82 Å². The number of amides is 1. The van der Waals surface area contributed by atoms with Crippen molar-refractivity contribution in [3.63, 3.8) is 0 Å². The minimum Gasteiger partial charge on any atom is -0.384 e. The summed E-state index contributed by atoms with van der Waals surface area (Å²) in [5, 5.41) is 6.47. The van der Waals surface area contributed by atoms with Crippen LogP contribution in [0.1, 0.15) is 53.7 Å². The molecule has 29 heavy (non-hydrogen) atoms. The fourth-order valence-corrected chi connectivity index (χ4v) is 3.90. The van der Waals surface area contributed by atoms with Crippen molar-refractivity contribution in [2.75, 3.05) is 12.3 Å². The second-order valence-electron chi connectivity index (χ2n) is 7.82. The number of rotatable bonds is 7. The van der Waals surface area contributed by atoms with Crippen molar-refractivity contribution in [2.24, 2.45) is 5.92 Å². The van der Waals surface area contributed by atoms with Gasteiger partial charge in [0.15, 0.2) is 0 Å². The Labute approximate surface area is 170 Å². The van der Waals surface area contributed by atoms with Gasteiger partial charge in [-0.3, -0.25) is 4.79 Å². The first-order valence-electron chi connectivity index (χ1n) is 10.3. The van der Waals surface area contributed by atoms with Crippen LogP contribution in [0.3, 0.4) is 0 Å². The number of hydrogen-bond acceptors (Lipinski definition) is 5. The average molecular weight is 393 g/mol. The normalized spacial score (nSPS) is 14.9. The van der Waals surface area contributed by atoms with Crippen LogP contribution in [0.15, 0.2) is 42.9 Å². The summed E-state index contributed by atoms with van der Waals surface area (Å²) in [7, 11) is 0. The van der Waals surface area contributed by atoms with Gasteiger partial charge < -0.3 is 20.8 Å². The van der Waals surface area contributed by atoms with E-state index in [1.54, 1.807) is 12.1 Å². The second kappa shape index (κ2) is 9.05. The predicted octanol–water partition coefficient (Wildman–Crippen LogP) is 2.91. The highest BCUT2D eigenvalue weighted by molar-refractivity contribution is 5.93. The van der Waals surface area contributed by atoms with Crippen LogP contribution in [-0.2, 0) is 13.1 Å². The van der Waals surface area contributed by atoms with E-state index >= 15 is 0 Å². The maximum Gasteiger partial charge on any atom is 0.253 e. The van der Waals surface area contributed by atoms with E-state index in [-0.39, 0.29) is 5.91 Å². The number of fused-ring (bicyclic) bond motifs is 1. The first-order chi connectivity index (χ1) is 14.2. The molecule has 0 aromatic carbocycles. The zero-order chi connectivity index (χ0) is 20.1. The lowest BCUT2D eigenvalue weighted by atomic mass is 9.89. The Kier molecular flexibility index (Phi) is 6.05. The highest BCUT2D eigenvalue weighted by Crippen LogP contribution is 2.22. The van der Waals surface area contributed by atoms with Crippen LogP contribution in [0.2, 0.25) is 0 Å². The van der Waals surface area contributed by atoms with E-state index in [0.717, 1.165) is 30.3 Å². The molecular formula is C22H28N6O. The van der Waals surface area contributed by atoms with Crippen molar-refractivity contribution in [3.05, 3.63) is 59.7 Å². The first kappa shape index (κ1) is 19.4. The number of nitrogens with one attached hydrogen (secondary N) is 2. The molecule has 152 valence electrons. The van der Waals surface area contributed by atoms with Crippen LogP contribution < -0.4 is 16.4 Å². The molecule has 0 saturated heterocycles. The summed E-state index contributed by atoms with van der Waals surface area (Å²) in [6.07, 6.45) is 12.4. The van der Waals surface area contributed by atoms with E-state index in [1.165, 1.54) is 43.9 Å². The molecule has 7 nitrogen and oxygen atoms in total. The van der Waals surface area contributed by atoms with Crippen molar-refractivity contribution >= 4 is 17.4 Å². The van der Waals surface area contributed by atoms with Crippen molar-refractivity contribution in [1.82, 2.24) is 25.0 Å². The van der Waals surface area contributed by atoms with E-state index in [1.807, 2.05) is 16.7 Å². The van der Waals surface area contributed by atoms with Crippen LogP contribution in [0.25, 0.3) is 5.65 Å². The van der Waals surface area contributed by atoms with E-state index in [0.29, 0.717) is 17.9 Å². The summed E-state index contributed by atoms with van der Waals surface area (Å²) in [6, 6.07) is 7.41. The number of hydrogen-bond donors (Lipinski definition) is 3. The van der Waals surface area contributed by atoms with E-state index in [9.17, 15) is 4.79 Å². The highest BCUT2D eigenvalue weighted by atomic mass is 16.1. The van der Waals surface area contributed by atoms with Gasteiger partial charge in [0.25, 0.3) is 5.91 Å². The number of nitrogens with two attached hydrogens (primary N) is 1. The van der Waals surface area contributed by atoms with Gasteiger partial charge in [0, 0.05) is 25.1 Å². The summed E-state index contributed by atoms with van der Waals surface area (Å²) in [4.78, 5) is 20.7. The third-order valence-electron chi connectivity index (χ3n) is 5.53. The molecule has 1 amide bonds. The molecule has 0 atom stereocenters. The average Bonchev–Trinajstić information content (AvgIpc) is 3.15. The minimum absolute atomic E-state index is 0.192. The number of pyridine rings is 2. The zero-order valence-corrected chi connectivity index (χ0v) is 16.6. The van der Waals surface area contributed by atoms with Crippen molar-refractivity contribution in [1.29, 1.82) is 0 Å². The Bertz CT molecular complexity index is 959. The van der Waals surface area contributed by atoms with Crippen molar-refractivity contribution in [3.8, 4) is 0 Å². The van der Waals surface area contributed by atoms with E-state index in [2.05, 4.69) is 32.9 Å². The van der Waals surface area contributed by atoms with Gasteiger partial charge >= 0.3 is 0 Å². The van der Waals surface area contributed by atoms with Gasteiger partial charge in [0.1, 0.15) is 11.5 Å². The fraction of sp³-hybridized carbons (Fsp3) is 0.409. The SMILES string of the molecule is Nc1ccc(C(=O)NCc2cn3cc(CNCC4CCCCC4)ccc3n2)cn1. The minimum atomic E-state index is -0.192. The smallest absolute Gasteiger partial charge is 0.253 e. The molecule has 0 bridgehead atoms. The van der Waals surface area contributed by atoms with Gasteiger partial charge in [-0.15, -0.1) is 0 Å². The quantitative estimate of drug-likeness (QED) is 0.574. The number of aromatic nitrogens is 3. The Morgan fingerprint density at radius 2 is 1.97 bits per heavy atom. The van der Waals surface area contributed by atoms with Gasteiger partial charge in [-0.05, 0) is 49.1 Å². The lowest BCUT2D eigenvalue weighted by molar-refractivity contribution is 0.0950. The number of imidazole rings is 1. The summed E-state index contributed by atoms with van der Waals surface area (Å²) in [5.74, 6) is 1.03. The van der Waals surface area contributed by atoms with Crippen LogP contribution in [-0.4, -0.2) is 26.8 Å². The maximum atomic E-state index is 12.2. The predicted molar refractivity (Wildman–Crippen MR) is 113 cm³/mol. The third kappa shape index (κ3) is 5.12. The molecule has 3 aromatic heterocycles. The zero-order valence-electron chi connectivity index (χ0n) is 16.6. The molecule has 7 heteroatoms. The summed E-state index contributed by atoms with van der Waals surface area (Å²) in [5.41, 5.74) is 8.96. The van der Waals surface area contributed by atoms with Gasteiger partial charge in [0.05, 0.1) is 17.8 Å². The molecule has 1 saturated carbocycles. The van der Waals surface area contributed by atoms with Crippen LogP contribution >= 0.6 is 0 Å². The van der Waals surface area contributed by atoms with Crippen LogP contribution in [0, 0.1) is 5.92 Å². The molecule has 0 unspecified atom stereocenters. The number of carbonyl (C=O) groups is 1. The Morgan fingerprint density at radius 3 is 2.76 bits per heavy atom. The fourth-order valence-electron chi connectivity index (χ4n) is 3.90. The molecule has 1 fully saturated rings. The number of nitrogen functional groups attached to an aromatic ring is 1. The van der Waals surface area contributed by atoms with Crippen molar-refractivity contribution in [2.45, 2.75) is 45.2 Å². The standard InChI is InChI=1S/C22H28N6O/c23-20-8-7-18(12-25-20)22(29)26-13-19-15-28-14-17(6-9-21(28)27-19)11-24-10-16-4-2-1-3-5-16/h6-9,12,14-16,24H,1-5,10-11,13H2,(H2,23,25)(H,26,29). The number of nitrogens with zero attached hydrogens (tertiary/aromatic N) is 3. The summed E-state index contributed by atoms with van der Waals surface area (Å²) in [6.45, 7) is 2.32. The van der Waals surface area contributed by atoms with E-state index in [4.69, 9.17) is 5.73 Å². The van der Waals surface area contributed by atoms with Gasteiger partial charge in [-0.2, -0.15) is 0 Å². The topological polar surface area (TPSA) is 97.3 Å². The van der Waals surface area contributed by atoms with E-state index < -0.39 is 0 Å². The largest absolute Gasteiger partial charge is 0.384 e. The van der Waals surface area contributed by atoms with Crippen molar-refractivity contribution < 1.29 is 4.79 Å². The molecule has 4 rings (SSSR count). The Hall–Kier alpha value is -2.93. The number of carbonyl (C=O) groups excluding carboxylic acids is 1. The molecule has 4 N–H and O–H groups in total. The Balaban J connectivity index is 1.31. The molecular weight excluding hydrogens is 364 g/mol. The Morgan fingerprint density at radius 1 is 1.10 bits per heavy atom. The first-order valence-corrected chi connectivity index (χ1v) is 10.3. The van der Waals surface area contributed by atoms with Crippen LogP contribution in [0.5, 0.6) is 0 Å². The summed E-state index contributed by atoms with van der Waals surface area (Å²) >= 11 is 0. The lowest BCUT2D eigenvalue weighted by Gasteiger charge is -2.21. The maximum absolute atomic E-state index is 12.2. The van der Waals surface area contributed by atoms with Gasteiger partial charge in [0.2, 0.25) is 0 Å². The third-order valence-corrected chi connectivity index (χ3v) is 5.53. The summed E-state index contributed by atoms with van der Waals surface area (Å²) < 4.78 is 2.02. The molecule has 0 spiro atoms.